The summed E-state index contributed by atoms with van der Waals surface area (Å²) >= 11 is 14.4. The van der Waals surface area contributed by atoms with E-state index in [1.807, 2.05) is 29.3 Å². The number of halogens is 3. The summed E-state index contributed by atoms with van der Waals surface area (Å²) in [5.74, 6) is -0.613. The van der Waals surface area contributed by atoms with Crippen LogP contribution in [0.3, 0.4) is 0 Å². The molecule has 0 saturated carbocycles. The maximum absolute atomic E-state index is 13.7. The van der Waals surface area contributed by atoms with Crippen molar-refractivity contribution in [2.75, 3.05) is 19.6 Å². The fraction of sp³-hybridized carbons (Fsp3) is 0.333. The summed E-state index contributed by atoms with van der Waals surface area (Å²) in [6, 6.07) is 13.0. The fourth-order valence-corrected chi connectivity index (χ4v) is 5.84. The van der Waals surface area contributed by atoms with Gasteiger partial charge < -0.3 is 9.80 Å². The second kappa shape index (κ2) is 11.5. The van der Waals surface area contributed by atoms with Gasteiger partial charge in [0.05, 0.1) is 19.0 Å². The Morgan fingerprint density at radius 3 is 2.60 bits per heavy atom. The smallest absolute Gasteiger partial charge is 0.242 e. The summed E-state index contributed by atoms with van der Waals surface area (Å²) in [5, 5.41) is 3.08. The zero-order valence-corrected chi connectivity index (χ0v) is 21.8. The molecule has 3 aromatic rings. The molecule has 0 N–H and O–H groups in total. The van der Waals surface area contributed by atoms with Crippen LogP contribution < -0.4 is 0 Å². The predicted octanol–water partition coefficient (Wildman–Crippen LogP) is 6.54. The van der Waals surface area contributed by atoms with Crippen LogP contribution in [0, 0.1) is 5.82 Å². The van der Waals surface area contributed by atoms with Gasteiger partial charge in [0.15, 0.2) is 0 Å². The van der Waals surface area contributed by atoms with E-state index in [1.165, 1.54) is 17.0 Å². The van der Waals surface area contributed by atoms with Crippen LogP contribution in [0.15, 0.2) is 53.9 Å². The Morgan fingerprint density at radius 2 is 1.89 bits per heavy atom. The van der Waals surface area contributed by atoms with Crippen molar-refractivity contribution in [3.63, 3.8) is 0 Å². The molecule has 184 valence electrons. The standard InChI is InChI=1S/C27H27Cl2FN2O2S/c1-2-3-12-31(25(33)15-18-4-7-20(30)8-5-18)17-26(34)32-13-10-24-22(11-14-35-24)27(32)21-9-6-19(28)16-23(21)29/h4-9,11,14,16,27H,2-3,10,12-13,15,17H2,1H3. The number of thiophene rings is 1. The summed E-state index contributed by atoms with van der Waals surface area (Å²) in [4.78, 5) is 31.5. The normalized spacial score (nSPS) is 15.1. The molecule has 0 spiro atoms. The van der Waals surface area contributed by atoms with Crippen molar-refractivity contribution < 1.29 is 14.0 Å². The van der Waals surface area contributed by atoms with E-state index in [0.717, 1.165) is 36.0 Å². The lowest BCUT2D eigenvalue weighted by atomic mass is 9.93. The lowest BCUT2D eigenvalue weighted by molar-refractivity contribution is -0.141. The molecule has 8 heteroatoms. The van der Waals surface area contributed by atoms with Gasteiger partial charge in [0.1, 0.15) is 5.82 Å². The van der Waals surface area contributed by atoms with Crippen LogP contribution in [-0.4, -0.2) is 41.2 Å². The Bertz CT molecular complexity index is 1200. The summed E-state index contributed by atoms with van der Waals surface area (Å²) in [6.45, 7) is 3.07. The highest BCUT2D eigenvalue weighted by atomic mass is 35.5. The van der Waals surface area contributed by atoms with Crippen molar-refractivity contribution in [1.82, 2.24) is 9.80 Å². The van der Waals surface area contributed by atoms with E-state index in [1.54, 1.807) is 40.5 Å². The van der Waals surface area contributed by atoms with Gasteiger partial charge in [-0.3, -0.25) is 9.59 Å². The molecule has 2 heterocycles. The first-order valence-electron chi connectivity index (χ1n) is 11.7. The molecule has 1 atom stereocenters. The molecule has 35 heavy (non-hydrogen) atoms. The summed E-state index contributed by atoms with van der Waals surface area (Å²) < 4.78 is 13.3. The van der Waals surface area contributed by atoms with E-state index >= 15 is 0 Å². The summed E-state index contributed by atoms with van der Waals surface area (Å²) in [7, 11) is 0. The molecule has 2 aromatic carbocycles. The lowest BCUT2D eigenvalue weighted by Gasteiger charge is -2.38. The van der Waals surface area contributed by atoms with Crippen LogP contribution in [0.25, 0.3) is 0 Å². The van der Waals surface area contributed by atoms with Gasteiger partial charge in [-0.15, -0.1) is 11.3 Å². The third-order valence-corrected chi connectivity index (χ3v) is 7.83. The second-order valence-electron chi connectivity index (χ2n) is 8.68. The topological polar surface area (TPSA) is 40.6 Å². The largest absolute Gasteiger partial charge is 0.333 e. The maximum atomic E-state index is 13.7. The number of carbonyl (C=O) groups is 2. The molecule has 1 aliphatic heterocycles. The van der Waals surface area contributed by atoms with Crippen molar-refractivity contribution >= 4 is 46.4 Å². The van der Waals surface area contributed by atoms with Crippen molar-refractivity contribution in [3.8, 4) is 0 Å². The van der Waals surface area contributed by atoms with Gasteiger partial charge in [-0.05, 0) is 65.2 Å². The van der Waals surface area contributed by atoms with Gasteiger partial charge in [0.25, 0.3) is 0 Å². The van der Waals surface area contributed by atoms with Gasteiger partial charge in [-0.25, -0.2) is 4.39 Å². The highest BCUT2D eigenvalue weighted by Crippen LogP contribution is 2.41. The number of fused-ring (bicyclic) bond motifs is 1. The fourth-order valence-electron chi connectivity index (χ4n) is 4.43. The summed E-state index contributed by atoms with van der Waals surface area (Å²) in [6.07, 6.45) is 2.58. The maximum Gasteiger partial charge on any atom is 0.242 e. The van der Waals surface area contributed by atoms with Crippen molar-refractivity contribution in [2.45, 2.75) is 38.6 Å². The Morgan fingerprint density at radius 1 is 1.11 bits per heavy atom. The minimum Gasteiger partial charge on any atom is -0.333 e. The van der Waals surface area contributed by atoms with E-state index < -0.39 is 0 Å². The molecular formula is C27H27Cl2FN2O2S. The van der Waals surface area contributed by atoms with Gasteiger partial charge in [0, 0.05) is 28.0 Å². The number of carbonyl (C=O) groups excluding carboxylic acids is 2. The summed E-state index contributed by atoms with van der Waals surface area (Å²) in [5.41, 5.74) is 2.61. The van der Waals surface area contributed by atoms with Crippen molar-refractivity contribution in [2.24, 2.45) is 0 Å². The number of hydrogen-bond acceptors (Lipinski definition) is 3. The average Bonchev–Trinajstić information content (AvgIpc) is 3.32. The minimum absolute atomic E-state index is 0.0127. The quantitative estimate of drug-likeness (QED) is 0.330. The van der Waals surface area contributed by atoms with E-state index in [2.05, 4.69) is 0 Å². The molecule has 0 fully saturated rings. The Labute approximate surface area is 219 Å². The Hall–Kier alpha value is -2.41. The highest BCUT2D eigenvalue weighted by Gasteiger charge is 2.35. The molecule has 0 bridgehead atoms. The molecule has 0 saturated heterocycles. The number of hydrogen-bond donors (Lipinski definition) is 0. The zero-order valence-electron chi connectivity index (χ0n) is 19.5. The average molecular weight is 533 g/mol. The molecule has 1 aromatic heterocycles. The first-order valence-corrected chi connectivity index (χ1v) is 13.3. The number of unbranched alkanes of at least 4 members (excludes halogenated alkanes) is 1. The van der Waals surface area contributed by atoms with Gasteiger partial charge in [-0.1, -0.05) is 54.7 Å². The van der Waals surface area contributed by atoms with Crippen LogP contribution in [-0.2, 0) is 22.4 Å². The van der Waals surface area contributed by atoms with Crippen LogP contribution >= 0.6 is 34.5 Å². The van der Waals surface area contributed by atoms with Crippen molar-refractivity contribution in [1.29, 1.82) is 0 Å². The van der Waals surface area contributed by atoms with Crippen LogP contribution in [0.2, 0.25) is 10.0 Å². The zero-order chi connectivity index (χ0) is 24.9. The van der Waals surface area contributed by atoms with E-state index in [0.29, 0.717) is 23.1 Å². The molecule has 0 radical (unpaired) electrons. The van der Waals surface area contributed by atoms with Gasteiger partial charge in [0.2, 0.25) is 11.8 Å². The number of nitrogens with zero attached hydrogens (tertiary/aromatic N) is 2. The van der Waals surface area contributed by atoms with E-state index in [4.69, 9.17) is 23.2 Å². The van der Waals surface area contributed by atoms with Crippen LogP contribution in [0.4, 0.5) is 4.39 Å². The third kappa shape index (κ3) is 6.05. The third-order valence-electron chi connectivity index (χ3n) is 6.27. The molecule has 2 amide bonds. The minimum atomic E-state index is -0.344. The number of benzene rings is 2. The first kappa shape index (κ1) is 25.7. The molecular weight excluding hydrogens is 506 g/mol. The van der Waals surface area contributed by atoms with Crippen molar-refractivity contribution in [3.05, 3.63) is 91.3 Å². The molecule has 1 aliphatic rings. The van der Waals surface area contributed by atoms with E-state index in [-0.39, 0.29) is 36.6 Å². The molecule has 1 unspecified atom stereocenters. The predicted molar refractivity (Wildman–Crippen MR) is 140 cm³/mol. The van der Waals surface area contributed by atoms with Crippen LogP contribution in [0.1, 0.15) is 47.4 Å². The lowest BCUT2D eigenvalue weighted by Crippen LogP contribution is -2.47. The Kier molecular flexibility index (Phi) is 8.47. The SMILES string of the molecule is CCCCN(CC(=O)N1CCc2sccc2C1c1ccc(Cl)cc1Cl)C(=O)Cc1ccc(F)cc1. The highest BCUT2D eigenvalue weighted by molar-refractivity contribution is 7.10. The first-order chi connectivity index (χ1) is 16.9. The van der Waals surface area contributed by atoms with Gasteiger partial charge in [-0.2, -0.15) is 0 Å². The van der Waals surface area contributed by atoms with Crippen LogP contribution in [0.5, 0.6) is 0 Å². The number of rotatable bonds is 8. The molecule has 4 rings (SSSR count). The Balaban J connectivity index is 1.58. The van der Waals surface area contributed by atoms with E-state index in [9.17, 15) is 14.0 Å². The molecule has 4 nitrogen and oxygen atoms in total. The van der Waals surface area contributed by atoms with Gasteiger partial charge >= 0.3 is 0 Å². The monoisotopic (exact) mass is 532 g/mol. The molecule has 0 aliphatic carbocycles. The number of amides is 2. The second-order valence-corrected chi connectivity index (χ2v) is 10.5.